The summed E-state index contributed by atoms with van der Waals surface area (Å²) >= 11 is 0. The van der Waals surface area contributed by atoms with Crippen molar-refractivity contribution >= 4 is 196 Å². The van der Waals surface area contributed by atoms with Crippen molar-refractivity contribution in [3.8, 4) is 0 Å². The highest BCUT2D eigenvalue weighted by atomic mass is 16.8. The van der Waals surface area contributed by atoms with E-state index in [4.69, 9.17) is 29.9 Å². The number of pyridine rings is 3. The van der Waals surface area contributed by atoms with Crippen LogP contribution in [0, 0.1) is 0 Å². The summed E-state index contributed by atoms with van der Waals surface area (Å²) in [6.07, 6.45) is -0.769. The predicted octanol–water partition coefficient (Wildman–Crippen LogP) is 9.03. The number of benzene rings is 7. The molecule has 47 nitrogen and oxygen atoms in total. The molecule has 0 unspecified atom stereocenters. The smallest absolute Gasteiger partial charge is 0.351 e. The molecule has 0 spiro atoms. The van der Waals surface area contributed by atoms with Gasteiger partial charge in [0.1, 0.15) is 11.5 Å². The van der Waals surface area contributed by atoms with Crippen LogP contribution >= 0.6 is 0 Å². The molecule has 5 fully saturated rings. The van der Waals surface area contributed by atoms with E-state index in [1.165, 1.54) is 24.4 Å². The normalized spacial score (nSPS) is 13.8. The molecule has 8 heterocycles. The van der Waals surface area contributed by atoms with Crippen LogP contribution in [0.4, 0.5) is 42.1 Å². The summed E-state index contributed by atoms with van der Waals surface area (Å²) < 4.78 is 0. The summed E-state index contributed by atoms with van der Waals surface area (Å²) in [6.45, 7) is 29.5. The molecular formula is C103H118N22O25. The van der Waals surface area contributed by atoms with Gasteiger partial charge in [-0.3, -0.25) is 98.2 Å². The fraction of sp³-hybridized carbons (Fsp3) is 0.350. The summed E-state index contributed by atoms with van der Waals surface area (Å²) in [7, 11) is 0. The number of anilines is 4. The van der Waals surface area contributed by atoms with E-state index in [2.05, 4.69) is 138 Å². The van der Waals surface area contributed by atoms with Crippen molar-refractivity contribution in [3.63, 3.8) is 0 Å². The highest BCUT2D eigenvalue weighted by molar-refractivity contribution is 6.15. The standard InChI is InChI=1S/C22H26N4O5.2C21H25N5O5.C21H24N4O5.C18H18N4O5/c1-3-25(4-2)14-13-23-21(29)20-16-8-6-5-7-15(16)9-10-17(20)24-22(30)31-26-18(27)11-12-19(26)28;1-3-25(4-2)10-9-22-20(29)15-11-14-12-16(5-6-17(14)23-13-15)24-21(30)31-26-18(27)7-8-19(26)28;1-3-25(4-2)10-9-22-20(29)14-5-6-15-13-23-17(12-16(15)11-14)24-21(30)31-26-18(27)7-8-19(26)28;1-3-24(4-2)12-11-22-20(28)17-8-5-14-13-15(6-7-16(14)23-17)21(29)30-25-18(26)9-10-19(25)27;19-7-8-20-17(25)14-10-12(9-11-3-1-2-4-13(11)14)21-18(26)27-22-15(23)5-6-16(22)24/h5-10H,3-4,11-14H2,1-2H3,(H,23,29)(H,24,30);5-6,11-13H,3-4,7-10H2,1-2H3,(H,22,29)(H,24,30);5-6,11-13H,3-4,7-10H2,1-2H3,(H,22,29)(H,23,24,30);5-8,13H,3-4,9-12H2,1-2H3,(H,22,28);1-4,9-10H,5-8,19H2,(H,20,25)(H,21,26). The Balaban J connectivity index is 0.000000178. The third-order valence-corrected chi connectivity index (χ3v) is 24.1. The van der Waals surface area contributed by atoms with Crippen molar-refractivity contribution in [3.05, 3.63) is 198 Å². The van der Waals surface area contributed by atoms with E-state index in [0.717, 1.165) is 88.2 Å². The molecule has 5 aliphatic heterocycles. The van der Waals surface area contributed by atoms with Gasteiger partial charge in [-0.1, -0.05) is 122 Å². The molecule has 0 radical (unpaired) electrons. The molecule has 0 bridgehead atoms. The number of nitrogens with zero attached hydrogens (tertiary/aromatic N) is 12. The van der Waals surface area contributed by atoms with Crippen LogP contribution < -0.4 is 53.6 Å². The van der Waals surface area contributed by atoms with Gasteiger partial charge in [0.2, 0.25) is 0 Å². The van der Waals surface area contributed by atoms with Crippen LogP contribution in [0.3, 0.4) is 0 Å². The number of hydrogen-bond acceptors (Lipinski definition) is 33. The maximum atomic E-state index is 13.0. The van der Waals surface area contributed by atoms with Crippen molar-refractivity contribution < 1.29 is 120 Å². The van der Waals surface area contributed by atoms with Gasteiger partial charge >= 0.3 is 30.3 Å². The minimum atomic E-state index is -1.02. The SMILES string of the molecule is CCN(CC)CCNC(=O)c1c(NC(=O)ON2C(=O)CCC2=O)ccc2ccccc12.CCN(CC)CCNC(=O)c1ccc2cc(C(=O)ON3C(=O)CCC3=O)ccc2n1.CCN(CC)CCNC(=O)c1ccc2cnc(NC(=O)ON3C(=O)CCC3=O)cc2c1.CCN(CC)CCNC(=O)c1cnc2ccc(NC(=O)ON3C(=O)CCC3=O)cc2c1.NCCNC(=O)c1cc(NC(=O)ON2C(=O)CCC2=O)cc2ccccc12. The van der Waals surface area contributed by atoms with Crippen LogP contribution in [0.25, 0.3) is 54.1 Å². The number of amides is 19. The number of hydrogen-bond donors (Lipinski definition) is 10. The number of likely N-dealkylation sites (N-methyl/N-ethyl adjacent to an activating group) is 4. The van der Waals surface area contributed by atoms with E-state index in [1.807, 2.05) is 12.1 Å². The van der Waals surface area contributed by atoms with Crippen molar-refractivity contribution in [2.24, 2.45) is 5.73 Å². The van der Waals surface area contributed by atoms with E-state index in [1.54, 1.807) is 128 Å². The summed E-state index contributed by atoms with van der Waals surface area (Å²) in [5, 5.41) is 32.0. The quantitative estimate of drug-likeness (QED) is 0.0162. The minimum absolute atomic E-state index is 0.00226. The largest absolute Gasteiger partial charge is 0.437 e. The van der Waals surface area contributed by atoms with Gasteiger partial charge in [0, 0.05) is 181 Å². The number of hydroxylamine groups is 10. The Kier molecular flexibility index (Phi) is 41.7. The summed E-state index contributed by atoms with van der Waals surface area (Å²) in [5.41, 5.74) is 9.47. The third-order valence-electron chi connectivity index (χ3n) is 24.1. The lowest BCUT2D eigenvalue weighted by atomic mass is 10.0. The molecule has 19 amide bonds. The molecular weight excluding hydrogens is 1950 g/mol. The van der Waals surface area contributed by atoms with Gasteiger partial charge in [-0.2, -0.15) is 0 Å². The zero-order valence-electron chi connectivity index (χ0n) is 84.0. The molecule has 11 N–H and O–H groups in total. The number of rotatable bonds is 37. The fourth-order valence-corrected chi connectivity index (χ4v) is 15.7. The van der Waals surface area contributed by atoms with Gasteiger partial charge < -0.3 is 76.1 Å². The lowest BCUT2D eigenvalue weighted by Crippen LogP contribution is -2.36. The average molecular weight is 2060 g/mol. The molecule has 15 rings (SSSR count). The number of carbonyl (C=O) groups excluding carboxylic acids is 20. The second-order valence-corrected chi connectivity index (χ2v) is 33.8. The van der Waals surface area contributed by atoms with Gasteiger partial charge in [-0.25, -0.2) is 33.9 Å². The summed E-state index contributed by atoms with van der Waals surface area (Å²) in [6, 6.07) is 42.2. The van der Waals surface area contributed by atoms with Crippen molar-refractivity contribution in [2.75, 3.05) is 139 Å². The molecule has 0 aliphatic carbocycles. The second kappa shape index (κ2) is 55.3. The monoisotopic (exact) mass is 2060 g/mol. The summed E-state index contributed by atoms with van der Waals surface area (Å²) in [5.74, 6) is -7.62. The van der Waals surface area contributed by atoms with Gasteiger partial charge in [-0.05, 0) is 164 Å². The van der Waals surface area contributed by atoms with Crippen LogP contribution in [-0.2, 0) is 72.1 Å². The molecule has 790 valence electrons. The van der Waals surface area contributed by atoms with Crippen LogP contribution in [0.5, 0.6) is 0 Å². The first-order valence-corrected chi connectivity index (χ1v) is 48.9. The Labute approximate surface area is 860 Å². The van der Waals surface area contributed by atoms with Crippen LogP contribution in [0.2, 0.25) is 0 Å². The lowest BCUT2D eigenvalue weighted by molar-refractivity contribution is -0.173. The highest BCUT2D eigenvalue weighted by Crippen LogP contribution is 2.31. The average Bonchev–Trinajstić information content (AvgIpc) is 0.819. The van der Waals surface area contributed by atoms with Gasteiger partial charge in [-0.15, -0.1) is 25.3 Å². The molecule has 0 atom stereocenters. The maximum Gasteiger partial charge on any atom is 0.437 e. The van der Waals surface area contributed by atoms with Gasteiger partial charge in [0.05, 0.1) is 33.4 Å². The van der Waals surface area contributed by atoms with Crippen molar-refractivity contribution in [1.82, 2.24) is 86.5 Å². The number of carbonyl (C=O) groups is 20. The molecule has 47 heteroatoms. The van der Waals surface area contributed by atoms with Crippen LogP contribution in [-0.4, -0.2) is 297 Å². The highest BCUT2D eigenvalue weighted by Gasteiger charge is 2.39. The Morgan fingerprint density at radius 2 is 0.707 bits per heavy atom. The molecule has 0 saturated carbocycles. The molecule has 7 aromatic carbocycles. The first kappa shape index (κ1) is 113. The van der Waals surface area contributed by atoms with E-state index < -0.39 is 89.4 Å². The van der Waals surface area contributed by atoms with Gasteiger partial charge in [0.25, 0.3) is 88.6 Å². The first-order valence-electron chi connectivity index (χ1n) is 48.9. The molecule has 3 aromatic heterocycles. The number of nitrogens with two attached hydrogens (primary N) is 1. The van der Waals surface area contributed by atoms with E-state index >= 15 is 0 Å². The third kappa shape index (κ3) is 31.4. The van der Waals surface area contributed by atoms with Crippen LogP contribution in [0.1, 0.15) is 182 Å². The Morgan fingerprint density at radius 3 is 1.21 bits per heavy atom. The van der Waals surface area contributed by atoms with Crippen molar-refractivity contribution in [2.45, 2.75) is 120 Å². The molecule has 150 heavy (non-hydrogen) atoms. The predicted molar refractivity (Wildman–Crippen MR) is 546 cm³/mol. The maximum absolute atomic E-state index is 13.0. The van der Waals surface area contributed by atoms with Crippen LogP contribution in [0.15, 0.2) is 164 Å². The summed E-state index contributed by atoms with van der Waals surface area (Å²) in [4.78, 5) is 285. The lowest BCUT2D eigenvalue weighted by Gasteiger charge is -2.19. The molecule has 5 saturated heterocycles. The number of fused-ring (bicyclic) bond motifs is 5. The number of imide groups is 5. The van der Waals surface area contributed by atoms with Crippen molar-refractivity contribution in [1.29, 1.82) is 0 Å². The zero-order valence-corrected chi connectivity index (χ0v) is 84.0. The van der Waals surface area contributed by atoms with E-state index in [9.17, 15) is 95.9 Å². The first-order chi connectivity index (χ1) is 72.2. The van der Waals surface area contributed by atoms with E-state index in [-0.39, 0.29) is 128 Å². The number of aromatic nitrogens is 3. The zero-order chi connectivity index (χ0) is 108. The second-order valence-electron chi connectivity index (χ2n) is 33.8. The van der Waals surface area contributed by atoms with E-state index in [0.29, 0.717) is 131 Å². The Morgan fingerprint density at radius 1 is 0.313 bits per heavy atom. The molecule has 5 aliphatic rings. The fourth-order valence-electron chi connectivity index (χ4n) is 15.7. The number of nitrogens with one attached hydrogen (secondary N) is 9. The topological polar surface area (TPSA) is 590 Å². The molecule has 10 aromatic rings. The Bertz CT molecular complexity index is 6530. The minimum Gasteiger partial charge on any atom is -0.351 e. The Hall–Kier alpha value is -17.3. The van der Waals surface area contributed by atoms with Gasteiger partial charge in [0.15, 0.2) is 0 Å².